The number of carbonyl (C=O) groups excluding carboxylic acids is 1. The van der Waals surface area contributed by atoms with Gasteiger partial charge in [0, 0.05) is 6.61 Å². The third-order valence-corrected chi connectivity index (χ3v) is 2.27. The molecular weight excluding hydrogens is 194 g/mol. The predicted molar refractivity (Wildman–Crippen MR) is 57.6 cm³/mol. The van der Waals surface area contributed by atoms with Gasteiger partial charge in [-0.25, -0.2) is 0 Å². The molecule has 1 rings (SSSR count). The first kappa shape index (κ1) is 12.5. The maximum absolute atomic E-state index is 11.4. The van der Waals surface area contributed by atoms with Crippen LogP contribution in [0.5, 0.6) is 0 Å². The number of hydrogen-bond acceptors (Lipinski definition) is 4. The summed E-state index contributed by atoms with van der Waals surface area (Å²) in [6.07, 6.45) is 1.95. The largest absolute Gasteiger partial charge is 0.462 e. The summed E-state index contributed by atoms with van der Waals surface area (Å²) in [6, 6.07) is -0.0879. The van der Waals surface area contributed by atoms with Crippen molar-refractivity contribution in [3.05, 3.63) is 0 Å². The molecule has 0 spiro atoms. The molecule has 1 heterocycles. The van der Waals surface area contributed by atoms with Gasteiger partial charge in [-0.05, 0) is 25.3 Å². The van der Waals surface area contributed by atoms with Gasteiger partial charge in [0.05, 0.1) is 6.61 Å². The van der Waals surface area contributed by atoms with Crippen LogP contribution in [0.15, 0.2) is 0 Å². The second-order valence-corrected chi connectivity index (χ2v) is 4.29. The van der Waals surface area contributed by atoms with Crippen molar-refractivity contribution in [3.8, 4) is 0 Å². The number of nitrogens with one attached hydrogen (secondary N) is 1. The molecule has 1 unspecified atom stereocenters. The lowest BCUT2D eigenvalue weighted by atomic mass is 10.2. The molecule has 1 N–H and O–H groups in total. The number of hydrogen-bond donors (Lipinski definition) is 1. The Morgan fingerprint density at radius 2 is 2.27 bits per heavy atom. The highest BCUT2D eigenvalue weighted by Crippen LogP contribution is 2.06. The maximum atomic E-state index is 11.4. The van der Waals surface area contributed by atoms with E-state index < -0.39 is 0 Å². The maximum Gasteiger partial charge on any atom is 0.323 e. The molecule has 1 atom stereocenters. The van der Waals surface area contributed by atoms with Gasteiger partial charge < -0.3 is 14.8 Å². The van der Waals surface area contributed by atoms with E-state index in [4.69, 9.17) is 9.47 Å². The van der Waals surface area contributed by atoms with Crippen LogP contribution in [0.25, 0.3) is 0 Å². The van der Waals surface area contributed by atoms with Crippen molar-refractivity contribution < 1.29 is 14.3 Å². The minimum Gasteiger partial charge on any atom is -0.462 e. The van der Waals surface area contributed by atoms with Crippen LogP contribution in [0.3, 0.4) is 0 Å². The Labute approximate surface area is 91.3 Å². The van der Waals surface area contributed by atoms with Gasteiger partial charge in [-0.2, -0.15) is 0 Å². The van der Waals surface area contributed by atoms with Crippen molar-refractivity contribution in [2.45, 2.75) is 32.7 Å². The molecule has 0 saturated carbocycles. The SMILES string of the molecule is CC(C)COCCOC(=O)C1CCCN1. The number of ether oxygens (including phenoxy) is 2. The van der Waals surface area contributed by atoms with Crippen molar-refractivity contribution in [3.63, 3.8) is 0 Å². The Bertz CT molecular complexity index is 188. The van der Waals surface area contributed by atoms with E-state index >= 15 is 0 Å². The fourth-order valence-corrected chi connectivity index (χ4v) is 1.51. The Balaban J connectivity index is 1.97. The highest BCUT2D eigenvalue weighted by atomic mass is 16.6. The molecule has 1 aliphatic rings. The summed E-state index contributed by atoms with van der Waals surface area (Å²) in [7, 11) is 0. The molecule has 1 fully saturated rings. The highest BCUT2D eigenvalue weighted by Gasteiger charge is 2.22. The first-order valence-corrected chi connectivity index (χ1v) is 5.68. The van der Waals surface area contributed by atoms with Gasteiger partial charge in [0.1, 0.15) is 12.6 Å². The summed E-state index contributed by atoms with van der Waals surface area (Å²) in [6.45, 7) is 6.69. The lowest BCUT2D eigenvalue weighted by Crippen LogP contribution is -2.33. The molecule has 0 aliphatic carbocycles. The monoisotopic (exact) mass is 215 g/mol. The molecule has 0 bridgehead atoms. The molecule has 1 aliphatic heterocycles. The number of rotatable bonds is 6. The Hall–Kier alpha value is -0.610. The van der Waals surface area contributed by atoms with Gasteiger partial charge in [-0.1, -0.05) is 13.8 Å². The second kappa shape index (κ2) is 6.80. The topological polar surface area (TPSA) is 47.6 Å². The van der Waals surface area contributed by atoms with Crippen molar-refractivity contribution in [1.29, 1.82) is 0 Å². The van der Waals surface area contributed by atoms with Crippen LogP contribution >= 0.6 is 0 Å². The Kier molecular flexibility index (Phi) is 5.65. The molecule has 1 saturated heterocycles. The first-order chi connectivity index (χ1) is 7.20. The normalized spacial score (nSPS) is 20.9. The molecule has 4 nitrogen and oxygen atoms in total. The van der Waals surface area contributed by atoms with Crippen molar-refractivity contribution in [2.75, 3.05) is 26.4 Å². The minimum absolute atomic E-state index is 0.0879. The zero-order valence-corrected chi connectivity index (χ0v) is 9.62. The predicted octanol–water partition coefficient (Wildman–Crippen LogP) is 0.954. The van der Waals surface area contributed by atoms with Gasteiger partial charge in [-0.15, -0.1) is 0 Å². The zero-order chi connectivity index (χ0) is 11.1. The van der Waals surface area contributed by atoms with Crippen LogP contribution in [0.4, 0.5) is 0 Å². The molecule has 0 amide bonds. The van der Waals surface area contributed by atoms with E-state index in [0.717, 1.165) is 26.0 Å². The molecule has 0 radical (unpaired) electrons. The van der Waals surface area contributed by atoms with E-state index in [1.165, 1.54) is 0 Å². The summed E-state index contributed by atoms with van der Waals surface area (Å²) in [5.41, 5.74) is 0. The lowest BCUT2D eigenvalue weighted by Gasteiger charge is -2.11. The van der Waals surface area contributed by atoms with E-state index in [1.807, 2.05) is 0 Å². The summed E-state index contributed by atoms with van der Waals surface area (Å²) in [5, 5.41) is 3.10. The fourth-order valence-electron chi connectivity index (χ4n) is 1.51. The smallest absolute Gasteiger partial charge is 0.323 e. The summed E-state index contributed by atoms with van der Waals surface area (Å²) in [5.74, 6) is 0.387. The van der Waals surface area contributed by atoms with Gasteiger partial charge in [0.15, 0.2) is 0 Å². The quantitative estimate of drug-likeness (QED) is 0.529. The average molecular weight is 215 g/mol. The third-order valence-electron chi connectivity index (χ3n) is 2.27. The van der Waals surface area contributed by atoms with Crippen molar-refractivity contribution in [2.24, 2.45) is 5.92 Å². The molecule has 15 heavy (non-hydrogen) atoms. The molecule has 0 aromatic heterocycles. The summed E-state index contributed by atoms with van der Waals surface area (Å²) in [4.78, 5) is 11.4. The van der Waals surface area contributed by atoms with Crippen LogP contribution in [0.1, 0.15) is 26.7 Å². The molecule has 88 valence electrons. The van der Waals surface area contributed by atoms with Crippen LogP contribution in [0, 0.1) is 5.92 Å². The van der Waals surface area contributed by atoms with E-state index in [0.29, 0.717) is 19.1 Å². The van der Waals surface area contributed by atoms with Crippen molar-refractivity contribution in [1.82, 2.24) is 5.32 Å². The van der Waals surface area contributed by atoms with Gasteiger partial charge in [0.2, 0.25) is 0 Å². The Morgan fingerprint density at radius 3 is 2.87 bits per heavy atom. The fraction of sp³-hybridized carbons (Fsp3) is 0.909. The molecular formula is C11H21NO3. The van der Waals surface area contributed by atoms with Gasteiger partial charge >= 0.3 is 5.97 Å². The van der Waals surface area contributed by atoms with Gasteiger partial charge in [-0.3, -0.25) is 4.79 Å². The average Bonchev–Trinajstić information content (AvgIpc) is 2.69. The van der Waals surface area contributed by atoms with Crippen molar-refractivity contribution >= 4 is 5.97 Å². The number of carbonyl (C=O) groups is 1. The van der Waals surface area contributed by atoms with Crippen LogP contribution in [0.2, 0.25) is 0 Å². The molecule has 0 aromatic rings. The molecule has 4 heteroatoms. The first-order valence-electron chi connectivity index (χ1n) is 5.68. The minimum atomic E-state index is -0.138. The van der Waals surface area contributed by atoms with E-state index in [-0.39, 0.29) is 12.0 Å². The lowest BCUT2D eigenvalue weighted by molar-refractivity contribution is -0.147. The summed E-state index contributed by atoms with van der Waals surface area (Å²) < 4.78 is 10.4. The highest BCUT2D eigenvalue weighted by molar-refractivity contribution is 5.76. The van der Waals surface area contributed by atoms with E-state index in [2.05, 4.69) is 19.2 Å². The standard InChI is InChI=1S/C11H21NO3/c1-9(2)8-14-6-7-15-11(13)10-4-3-5-12-10/h9-10,12H,3-8H2,1-2H3. The second-order valence-electron chi connectivity index (χ2n) is 4.29. The van der Waals surface area contributed by atoms with Crippen LogP contribution in [-0.2, 0) is 14.3 Å². The van der Waals surface area contributed by atoms with E-state index in [9.17, 15) is 4.79 Å². The van der Waals surface area contributed by atoms with Crippen LogP contribution in [-0.4, -0.2) is 38.4 Å². The van der Waals surface area contributed by atoms with Crippen LogP contribution < -0.4 is 5.32 Å². The summed E-state index contributed by atoms with van der Waals surface area (Å²) >= 11 is 0. The number of esters is 1. The van der Waals surface area contributed by atoms with E-state index in [1.54, 1.807) is 0 Å². The Morgan fingerprint density at radius 1 is 1.47 bits per heavy atom. The van der Waals surface area contributed by atoms with Gasteiger partial charge in [0.25, 0.3) is 0 Å². The third kappa shape index (κ3) is 5.14. The zero-order valence-electron chi connectivity index (χ0n) is 9.62. The molecule has 0 aromatic carbocycles.